The molecule has 0 fully saturated rings. The molecule has 5 heteroatoms. The lowest BCUT2D eigenvalue weighted by molar-refractivity contribution is 0.102. The summed E-state index contributed by atoms with van der Waals surface area (Å²) < 4.78 is 5.03. The summed E-state index contributed by atoms with van der Waals surface area (Å²) in [6.07, 6.45) is 0. The van der Waals surface area contributed by atoms with Crippen molar-refractivity contribution >= 4 is 11.7 Å². The highest BCUT2D eigenvalue weighted by Gasteiger charge is 2.07. The van der Waals surface area contributed by atoms with E-state index in [4.69, 9.17) is 9.84 Å². The first-order valence-corrected chi connectivity index (χ1v) is 5.75. The normalized spacial score (nSPS) is 10.0. The lowest BCUT2D eigenvalue weighted by atomic mass is 10.2. The van der Waals surface area contributed by atoms with Gasteiger partial charge in [0.05, 0.1) is 19.4 Å². The van der Waals surface area contributed by atoms with Crippen LogP contribution in [0.1, 0.15) is 16.1 Å². The summed E-state index contributed by atoms with van der Waals surface area (Å²) in [5.74, 6) is 0.842. The molecule has 19 heavy (non-hydrogen) atoms. The Bertz CT molecular complexity index is 567. The summed E-state index contributed by atoms with van der Waals surface area (Å²) in [5.41, 5.74) is 1.02. The number of ether oxygens (including phenoxy) is 1. The number of rotatable bonds is 4. The van der Waals surface area contributed by atoms with Gasteiger partial charge >= 0.3 is 0 Å². The van der Waals surface area contributed by atoms with E-state index in [1.165, 1.54) is 0 Å². The minimum Gasteiger partial charge on any atom is -0.497 e. The number of carbonyl (C=O) groups excluding carboxylic acids is 1. The topological polar surface area (TPSA) is 71.5 Å². The average molecular weight is 258 g/mol. The molecule has 0 saturated heterocycles. The van der Waals surface area contributed by atoms with Crippen molar-refractivity contribution in [1.29, 1.82) is 0 Å². The van der Waals surface area contributed by atoms with E-state index in [2.05, 4.69) is 10.3 Å². The monoisotopic (exact) mass is 258 g/mol. The average Bonchev–Trinajstić information content (AvgIpc) is 2.47. The SMILES string of the molecule is COc1ccc(C(=O)Nc2cccc(CO)n2)cc1. The van der Waals surface area contributed by atoms with E-state index in [9.17, 15) is 4.79 Å². The van der Waals surface area contributed by atoms with Gasteiger partial charge in [0, 0.05) is 5.56 Å². The molecule has 0 aliphatic rings. The molecule has 0 saturated carbocycles. The van der Waals surface area contributed by atoms with E-state index in [1.54, 1.807) is 49.6 Å². The molecule has 1 heterocycles. The standard InChI is InChI=1S/C14H14N2O3/c1-19-12-7-5-10(6-8-12)14(18)16-13-4-2-3-11(9-17)15-13/h2-8,17H,9H2,1H3,(H,15,16,18). The number of anilines is 1. The zero-order chi connectivity index (χ0) is 13.7. The molecule has 2 aromatic rings. The molecule has 98 valence electrons. The van der Waals surface area contributed by atoms with Gasteiger partial charge in [0.25, 0.3) is 5.91 Å². The van der Waals surface area contributed by atoms with Crippen LogP contribution in [0.15, 0.2) is 42.5 Å². The summed E-state index contributed by atoms with van der Waals surface area (Å²) in [6.45, 7) is -0.160. The highest BCUT2D eigenvalue weighted by atomic mass is 16.5. The third-order valence-corrected chi connectivity index (χ3v) is 2.56. The largest absolute Gasteiger partial charge is 0.497 e. The van der Waals surface area contributed by atoms with Crippen LogP contribution in [0.4, 0.5) is 5.82 Å². The Hall–Kier alpha value is -2.40. The molecule has 0 aliphatic heterocycles. The van der Waals surface area contributed by atoms with Crippen LogP contribution in [0, 0.1) is 0 Å². The molecule has 0 atom stereocenters. The van der Waals surface area contributed by atoms with Gasteiger partial charge in [-0.25, -0.2) is 4.98 Å². The van der Waals surface area contributed by atoms with Crippen LogP contribution in [0.2, 0.25) is 0 Å². The van der Waals surface area contributed by atoms with Gasteiger partial charge in [-0.05, 0) is 36.4 Å². The van der Waals surface area contributed by atoms with E-state index >= 15 is 0 Å². The number of pyridine rings is 1. The van der Waals surface area contributed by atoms with Crippen LogP contribution < -0.4 is 10.1 Å². The molecule has 0 bridgehead atoms. The fourth-order valence-corrected chi connectivity index (χ4v) is 1.57. The first-order chi connectivity index (χ1) is 9.22. The van der Waals surface area contributed by atoms with Crippen molar-refractivity contribution in [2.75, 3.05) is 12.4 Å². The molecule has 0 unspecified atom stereocenters. The number of benzene rings is 1. The van der Waals surface area contributed by atoms with Crippen molar-refractivity contribution in [3.05, 3.63) is 53.7 Å². The van der Waals surface area contributed by atoms with Crippen molar-refractivity contribution in [3.63, 3.8) is 0 Å². The number of aliphatic hydroxyl groups is 1. The zero-order valence-electron chi connectivity index (χ0n) is 10.5. The molecule has 1 aromatic carbocycles. The van der Waals surface area contributed by atoms with Gasteiger partial charge in [-0.3, -0.25) is 4.79 Å². The second-order valence-corrected chi connectivity index (χ2v) is 3.85. The number of methoxy groups -OCH3 is 1. The number of nitrogens with zero attached hydrogens (tertiary/aromatic N) is 1. The predicted molar refractivity (Wildman–Crippen MR) is 71.1 cm³/mol. The summed E-state index contributed by atoms with van der Waals surface area (Å²) in [4.78, 5) is 16.0. The Morgan fingerprint density at radius 2 is 2.00 bits per heavy atom. The first kappa shape index (κ1) is 13.0. The predicted octanol–water partition coefficient (Wildman–Crippen LogP) is 1.83. The van der Waals surface area contributed by atoms with Crippen LogP contribution >= 0.6 is 0 Å². The highest BCUT2D eigenvalue weighted by Crippen LogP contribution is 2.13. The number of aromatic nitrogens is 1. The van der Waals surface area contributed by atoms with Crippen molar-refractivity contribution < 1.29 is 14.6 Å². The number of nitrogens with one attached hydrogen (secondary N) is 1. The zero-order valence-corrected chi connectivity index (χ0v) is 10.5. The Kier molecular flexibility index (Phi) is 4.10. The van der Waals surface area contributed by atoms with Gasteiger partial charge in [-0.1, -0.05) is 6.07 Å². The van der Waals surface area contributed by atoms with Crippen molar-refractivity contribution in [2.45, 2.75) is 6.61 Å². The van der Waals surface area contributed by atoms with Crippen molar-refractivity contribution in [3.8, 4) is 5.75 Å². The van der Waals surface area contributed by atoms with Gasteiger partial charge < -0.3 is 15.2 Å². The smallest absolute Gasteiger partial charge is 0.256 e. The Morgan fingerprint density at radius 1 is 1.26 bits per heavy atom. The summed E-state index contributed by atoms with van der Waals surface area (Å²) in [7, 11) is 1.57. The highest BCUT2D eigenvalue weighted by molar-refractivity contribution is 6.03. The maximum Gasteiger partial charge on any atom is 0.256 e. The van der Waals surface area contributed by atoms with E-state index < -0.39 is 0 Å². The number of aliphatic hydroxyl groups excluding tert-OH is 1. The second kappa shape index (κ2) is 5.97. The van der Waals surface area contributed by atoms with Crippen LogP contribution in [-0.4, -0.2) is 23.1 Å². The molecule has 2 N–H and O–H groups in total. The Morgan fingerprint density at radius 3 is 2.63 bits per heavy atom. The van der Waals surface area contributed by atoms with Gasteiger partial charge in [-0.15, -0.1) is 0 Å². The third kappa shape index (κ3) is 3.29. The van der Waals surface area contributed by atoms with E-state index in [1.807, 2.05) is 0 Å². The van der Waals surface area contributed by atoms with Crippen LogP contribution in [0.25, 0.3) is 0 Å². The van der Waals surface area contributed by atoms with E-state index in [0.29, 0.717) is 22.8 Å². The number of hydrogen-bond donors (Lipinski definition) is 2. The summed E-state index contributed by atoms with van der Waals surface area (Å²) in [5, 5.41) is 11.7. The van der Waals surface area contributed by atoms with Crippen LogP contribution in [-0.2, 0) is 6.61 Å². The number of amides is 1. The third-order valence-electron chi connectivity index (χ3n) is 2.56. The molecule has 1 amide bonds. The van der Waals surface area contributed by atoms with Gasteiger partial charge in [0.1, 0.15) is 11.6 Å². The van der Waals surface area contributed by atoms with Crippen molar-refractivity contribution in [2.24, 2.45) is 0 Å². The minimum atomic E-state index is -0.259. The van der Waals surface area contributed by atoms with Crippen molar-refractivity contribution in [1.82, 2.24) is 4.98 Å². The minimum absolute atomic E-state index is 0.160. The van der Waals surface area contributed by atoms with Gasteiger partial charge in [0.2, 0.25) is 0 Å². The van der Waals surface area contributed by atoms with Gasteiger partial charge in [-0.2, -0.15) is 0 Å². The molecule has 1 aromatic heterocycles. The summed E-state index contributed by atoms with van der Waals surface area (Å²) >= 11 is 0. The van der Waals surface area contributed by atoms with E-state index in [-0.39, 0.29) is 12.5 Å². The number of carbonyl (C=O) groups is 1. The Labute approximate surface area is 110 Å². The maximum atomic E-state index is 12.0. The van der Waals surface area contributed by atoms with E-state index in [0.717, 1.165) is 0 Å². The molecule has 0 radical (unpaired) electrons. The molecular formula is C14H14N2O3. The maximum absolute atomic E-state index is 12.0. The quantitative estimate of drug-likeness (QED) is 0.877. The lowest BCUT2D eigenvalue weighted by Crippen LogP contribution is -2.13. The first-order valence-electron chi connectivity index (χ1n) is 5.75. The molecule has 0 spiro atoms. The second-order valence-electron chi connectivity index (χ2n) is 3.85. The summed E-state index contributed by atoms with van der Waals surface area (Å²) in [6, 6.07) is 11.8. The molecular weight excluding hydrogens is 244 g/mol. The fourth-order valence-electron chi connectivity index (χ4n) is 1.57. The van der Waals surface area contributed by atoms with Crippen LogP contribution in [0.5, 0.6) is 5.75 Å². The van der Waals surface area contributed by atoms with Crippen LogP contribution in [0.3, 0.4) is 0 Å². The number of hydrogen-bond acceptors (Lipinski definition) is 4. The molecule has 2 rings (SSSR count). The molecule has 5 nitrogen and oxygen atoms in total. The molecule has 0 aliphatic carbocycles. The fraction of sp³-hybridized carbons (Fsp3) is 0.143. The lowest BCUT2D eigenvalue weighted by Gasteiger charge is -2.06. The van der Waals surface area contributed by atoms with Gasteiger partial charge in [0.15, 0.2) is 0 Å². The Balaban J connectivity index is 2.11.